The molecule has 6 nitrogen and oxygen atoms in total. The zero-order valence-electron chi connectivity index (χ0n) is 17.0. The van der Waals surface area contributed by atoms with Crippen LogP contribution in [0.1, 0.15) is 23.6 Å². The first-order valence-corrected chi connectivity index (χ1v) is 10.3. The largest absolute Gasteiger partial charge is 0.493 e. The average Bonchev–Trinajstić information content (AvgIpc) is 3.21. The molecular formula is C23H30N4O2. The number of fused-ring (bicyclic) bond motifs is 1. The first kappa shape index (κ1) is 20.7. The van der Waals surface area contributed by atoms with Gasteiger partial charge in [-0.05, 0) is 42.5 Å². The Morgan fingerprint density at radius 3 is 2.62 bits per heavy atom. The molecule has 0 aromatic heterocycles. The predicted octanol–water partition coefficient (Wildman–Crippen LogP) is 2.08. The summed E-state index contributed by atoms with van der Waals surface area (Å²) in [6.45, 7) is 5.02. The average molecular weight is 395 g/mol. The molecule has 3 rings (SSSR count). The van der Waals surface area contributed by atoms with E-state index in [1.54, 1.807) is 0 Å². The van der Waals surface area contributed by atoms with Crippen molar-refractivity contribution in [3.63, 3.8) is 0 Å². The van der Waals surface area contributed by atoms with Crippen LogP contribution in [0.4, 0.5) is 0 Å². The van der Waals surface area contributed by atoms with E-state index in [4.69, 9.17) is 4.74 Å². The minimum absolute atomic E-state index is 0.0724. The van der Waals surface area contributed by atoms with Crippen molar-refractivity contribution in [3.8, 4) is 5.75 Å². The molecule has 29 heavy (non-hydrogen) atoms. The second kappa shape index (κ2) is 11.1. The van der Waals surface area contributed by atoms with Crippen molar-refractivity contribution in [2.24, 2.45) is 4.99 Å². The van der Waals surface area contributed by atoms with Gasteiger partial charge in [0.15, 0.2) is 5.96 Å². The molecule has 0 saturated heterocycles. The topological polar surface area (TPSA) is 74.8 Å². The Kier molecular flexibility index (Phi) is 7.92. The van der Waals surface area contributed by atoms with Crippen LogP contribution in [-0.4, -0.2) is 44.7 Å². The van der Waals surface area contributed by atoms with E-state index in [0.717, 1.165) is 44.7 Å². The van der Waals surface area contributed by atoms with E-state index in [-0.39, 0.29) is 12.5 Å². The van der Waals surface area contributed by atoms with Crippen molar-refractivity contribution in [2.75, 3.05) is 32.8 Å². The third-order valence-corrected chi connectivity index (χ3v) is 4.76. The van der Waals surface area contributed by atoms with Gasteiger partial charge in [-0.15, -0.1) is 0 Å². The zero-order chi connectivity index (χ0) is 20.3. The summed E-state index contributed by atoms with van der Waals surface area (Å²) in [6.07, 6.45) is 2.70. The van der Waals surface area contributed by atoms with Gasteiger partial charge in [0.25, 0.3) is 0 Å². The fourth-order valence-electron chi connectivity index (χ4n) is 3.26. The molecule has 0 radical (unpaired) electrons. The van der Waals surface area contributed by atoms with Gasteiger partial charge < -0.3 is 20.7 Å². The number of carbonyl (C=O) groups excluding carboxylic acids is 1. The van der Waals surface area contributed by atoms with Crippen molar-refractivity contribution in [2.45, 2.75) is 26.2 Å². The minimum Gasteiger partial charge on any atom is -0.493 e. The number of amides is 1. The lowest BCUT2D eigenvalue weighted by Gasteiger charge is -2.12. The molecule has 1 aliphatic rings. The smallest absolute Gasteiger partial charge is 0.241 e. The van der Waals surface area contributed by atoms with E-state index in [0.29, 0.717) is 12.5 Å². The van der Waals surface area contributed by atoms with Gasteiger partial charge in [0.1, 0.15) is 12.3 Å². The van der Waals surface area contributed by atoms with Crippen LogP contribution in [0.15, 0.2) is 53.5 Å². The third-order valence-electron chi connectivity index (χ3n) is 4.76. The van der Waals surface area contributed by atoms with Crippen molar-refractivity contribution in [1.82, 2.24) is 16.0 Å². The number of guanidine groups is 1. The van der Waals surface area contributed by atoms with E-state index < -0.39 is 0 Å². The Bertz CT molecular complexity index is 821. The number of benzene rings is 2. The highest BCUT2D eigenvalue weighted by Gasteiger charge is 2.11. The number of aliphatic imine (C=N–C) groups is 1. The van der Waals surface area contributed by atoms with E-state index >= 15 is 0 Å². The molecule has 0 unspecified atom stereocenters. The van der Waals surface area contributed by atoms with E-state index in [1.807, 2.05) is 25.1 Å². The van der Waals surface area contributed by atoms with Gasteiger partial charge in [-0.3, -0.25) is 4.79 Å². The third kappa shape index (κ3) is 6.82. The van der Waals surface area contributed by atoms with Crippen LogP contribution in [-0.2, 0) is 24.1 Å². The number of carbonyl (C=O) groups is 1. The summed E-state index contributed by atoms with van der Waals surface area (Å²) in [5, 5.41) is 9.41. The molecule has 3 N–H and O–H groups in total. The van der Waals surface area contributed by atoms with Gasteiger partial charge >= 0.3 is 0 Å². The van der Waals surface area contributed by atoms with E-state index in [9.17, 15) is 4.79 Å². The highest BCUT2D eigenvalue weighted by atomic mass is 16.5. The summed E-state index contributed by atoms with van der Waals surface area (Å²) in [5.74, 6) is 1.60. The number of ether oxygens (including phenoxy) is 1. The van der Waals surface area contributed by atoms with Gasteiger partial charge in [-0.25, -0.2) is 4.99 Å². The van der Waals surface area contributed by atoms with Crippen molar-refractivity contribution in [1.29, 1.82) is 0 Å². The highest BCUT2D eigenvalue weighted by molar-refractivity contribution is 5.84. The molecule has 1 heterocycles. The number of hydrogen-bond acceptors (Lipinski definition) is 3. The van der Waals surface area contributed by atoms with Gasteiger partial charge in [-0.2, -0.15) is 0 Å². The van der Waals surface area contributed by atoms with Crippen LogP contribution in [0.25, 0.3) is 0 Å². The number of hydrogen-bond donors (Lipinski definition) is 3. The van der Waals surface area contributed by atoms with Crippen LogP contribution in [0.3, 0.4) is 0 Å². The van der Waals surface area contributed by atoms with Crippen LogP contribution < -0.4 is 20.7 Å². The minimum atomic E-state index is -0.0724. The van der Waals surface area contributed by atoms with Gasteiger partial charge in [0.05, 0.1) is 6.61 Å². The molecule has 0 saturated carbocycles. The molecule has 0 spiro atoms. The van der Waals surface area contributed by atoms with Gasteiger partial charge in [-0.1, -0.05) is 42.5 Å². The molecule has 0 fully saturated rings. The summed E-state index contributed by atoms with van der Waals surface area (Å²) in [4.78, 5) is 16.5. The zero-order valence-corrected chi connectivity index (χ0v) is 17.0. The lowest BCUT2D eigenvalue weighted by molar-refractivity contribution is -0.119. The maximum Gasteiger partial charge on any atom is 0.241 e. The van der Waals surface area contributed by atoms with Crippen LogP contribution in [0, 0.1) is 0 Å². The predicted molar refractivity (Wildman–Crippen MR) is 116 cm³/mol. The Hall–Kier alpha value is -3.02. The second-order valence-electron chi connectivity index (χ2n) is 7.00. The SMILES string of the molecule is CCNC(=NCC(=O)NCCc1ccccc1)NCCc1ccc2c(c1)CCO2. The van der Waals surface area contributed by atoms with Crippen LogP contribution >= 0.6 is 0 Å². The number of rotatable bonds is 9. The molecular weight excluding hydrogens is 364 g/mol. The van der Waals surface area contributed by atoms with Crippen molar-refractivity contribution in [3.05, 3.63) is 65.2 Å². The molecule has 1 aliphatic heterocycles. The summed E-state index contributed by atoms with van der Waals surface area (Å²) in [5.41, 5.74) is 3.77. The monoisotopic (exact) mass is 394 g/mol. The molecule has 2 aromatic carbocycles. The van der Waals surface area contributed by atoms with Crippen molar-refractivity contribution < 1.29 is 9.53 Å². The first-order chi connectivity index (χ1) is 14.2. The van der Waals surface area contributed by atoms with Crippen LogP contribution in [0.2, 0.25) is 0 Å². The fourth-order valence-corrected chi connectivity index (χ4v) is 3.26. The molecule has 1 amide bonds. The molecule has 0 bridgehead atoms. The molecule has 0 atom stereocenters. The molecule has 2 aromatic rings. The Morgan fingerprint density at radius 2 is 1.79 bits per heavy atom. The first-order valence-electron chi connectivity index (χ1n) is 10.3. The lowest BCUT2D eigenvalue weighted by atomic mass is 10.1. The number of nitrogens with one attached hydrogen (secondary N) is 3. The quantitative estimate of drug-likeness (QED) is 0.450. The summed E-state index contributed by atoms with van der Waals surface area (Å²) in [6, 6.07) is 16.5. The van der Waals surface area contributed by atoms with E-state index in [1.165, 1.54) is 16.7 Å². The maximum absolute atomic E-state index is 12.1. The normalized spacial score (nSPS) is 12.8. The Labute approximate surface area is 172 Å². The summed E-state index contributed by atoms with van der Waals surface area (Å²) in [7, 11) is 0. The molecule has 6 heteroatoms. The Balaban J connectivity index is 1.39. The van der Waals surface area contributed by atoms with E-state index in [2.05, 4.69) is 51.3 Å². The number of nitrogens with zero attached hydrogens (tertiary/aromatic N) is 1. The van der Waals surface area contributed by atoms with Gasteiger partial charge in [0, 0.05) is 26.1 Å². The van der Waals surface area contributed by atoms with Crippen molar-refractivity contribution >= 4 is 11.9 Å². The molecule has 154 valence electrons. The van der Waals surface area contributed by atoms with Gasteiger partial charge in [0.2, 0.25) is 5.91 Å². The standard InChI is InChI=1S/C23H30N4O2/c1-2-24-23(26-14-11-19-8-9-21-20(16-19)12-15-29-21)27-17-22(28)25-13-10-18-6-4-3-5-7-18/h3-9,16H,2,10-15,17H2,1H3,(H,25,28)(H2,24,26,27). The highest BCUT2D eigenvalue weighted by Crippen LogP contribution is 2.25. The lowest BCUT2D eigenvalue weighted by Crippen LogP contribution is -2.39. The van der Waals surface area contributed by atoms with Crippen LogP contribution in [0.5, 0.6) is 5.75 Å². The maximum atomic E-state index is 12.1. The second-order valence-corrected chi connectivity index (χ2v) is 7.00. The Morgan fingerprint density at radius 1 is 1.00 bits per heavy atom. The summed E-state index contributed by atoms with van der Waals surface area (Å²) < 4.78 is 5.55. The fraction of sp³-hybridized carbons (Fsp3) is 0.391. The summed E-state index contributed by atoms with van der Waals surface area (Å²) >= 11 is 0. The molecule has 0 aliphatic carbocycles.